The molecule has 11 nitrogen and oxygen atoms in total. The minimum atomic E-state index is -1.77. The number of ether oxygens (including phenoxy) is 2. The number of benzene rings is 1. The van der Waals surface area contributed by atoms with Crippen molar-refractivity contribution in [3.63, 3.8) is 0 Å². The third-order valence-electron chi connectivity index (χ3n) is 5.64. The van der Waals surface area contributed by atoms with Crippen LogP contribution in [0.1, 0.15) is 25.2 Å². The van der Waals surface area contributed by atoms with Crippen LogP contribution < -0.4 is 14.9 Å². The van der Waals surface area contributed by atoms with Crippen LogP contribution in [0.4, 0.5) is 0 Å². The summed E-state index contributed by atoms with van der Waals surface area (Å²) in [6.45, 7) is 3.75. The smallest absolute Gasteiger partial charge is 0.196 e. The topological polar surface area (TPSA) is 168 Å². The van der Waals surface area contributed by atoms with Gasteiger partial charge in [0, 0.05) is 24.1 Å². The van der Waals surface area contributed by atoms with Crippen molar-refractivity contribution < 1.29 is 49.2 Å². The fraction of sp³-hybridized carbons (Fsp3) is 0.591. The molecule has 33 heavy (non-hydrogen) atoms. The van der Waals surface area contributed by atoms with E-state index in [0.29, 0.717) is 40.2 Å². The lowest BCUT2D eigenvalue weighted by molar-refractivity contribution is -0.375. The first kappa shape index (κ1) is 25.4. The lowest BCUT2D eigenvalue weighted by atomic mass is 9.96. The first-order valence-corrected chi connectivity index (χ1v) is 10.4. The van der Waals surface area contributed by atoms with Crippen LogP contribution in [0.15, 0.2) is 21.3 Å². The van der Waals surface area contributed by atoms with Gasteiger partial charge in [-0.3, -0.25) is 4.79 Å². The van der Waals surface area contributed by atoms with Gasteiger partial charge in [-0.25, -0.2) is 9.78 Å². The predicted octanol–water partition coefficient (Wildman–Crippen LogP) is -0.424. The van der Waals surface area contributed by atoms with Crippen molar-refractivity contribution in [2.45, 2.75) is 63.3 Å². The summed E-state index contributed by atoms with van der Waals surface area (Å²) in [4.78, 5) is 23.0. The van der Waals surface area contributed by atoms with Crippen LogP contribution in [0.5, 0.6) is 11.5 Å². The Hall–Kier alpha value is -2.25. The summed E-state index contributed by atoms with van der Waals surface area (Å²) in [5, 5.41) is 48.0. The quantitative estimate of drug-likeness (QED) is 0.226. The minimum Gasteiger partial charge on any atom is -0.495 e. The molecule has 0 aliphatic carbocycles. The highest BCUT2D eigenvalue weighted by molar-refractivity contribution is 5.87. The number of hydrogen-bond acceptors (Lipinski definition) is 11. The number of aliphatic hydroxyl groups excluding tert-OH is 5. The van der Waals surface area contributed by atoms with Crippen LogP contribution in [0.25, 0.3) is 11.0 Å². The second-order valence-corrected chi connectivity index (χ2v) is 8.56. The van der Waals surface area contributed by atoms with Crippen molar-refractivity contribution >= 4 is 11.0 Å². The van der Waals surface area contributed by atoms with Crippen molar-refractivity contribution in [3.05, 3.63) is 33.7 Å². The van der Waals surface area contributed by atoms with Crippen LogP contribution >= 0.6 is 0 Å². The summed E-state index contributed by atoms with van der Waals surface area (Å²) in [6.07, 6.45) is -6.97. The van der Waals surface area contributed by atoms with Gasteiger partial charge in [0.15, 0.2) is 5.43 Å². The van der Waals surface area contributed by atoms with Crippen molar-refractivity contribution in [3.8, 4) is 11.5 Å². The number of aryl methyl sites for hydroxylation is 1. The summed E-state index contributed by atoms with van der Waals surface area (Å²) in [7, 11) is 1.46. The van der Waals surface area contributed by atoms with E-state index in [2.05, 4.69) is 0 Å². The molecule has 1 aliphatic rings. The van der Waals surface area contributed by atoms with E-state index < -0.39 is 49.3 Å². The standard InChI is InChI=1S/C22H30O11/c1-10-5-12(24)18-16(31-10)7-15-11(21(18)29-4)6-17(32-15)22(2,3)33-30-9-14(26)20(28)19(27)13(25)8-23/h5,7,13-14,17,19-20,23,25-28H,6,8-9H2,1-4H3/t13-,14+,17+,19-,20-/m1/s1. The molecule has 3 rings (SSSR count). The molecule has 184 valence electrons. The fourth-order valence-corrected chi connectivity index (χ4v) is 3.69. The molecule has 5 N–H and O–H groups in total. The second-order valence-electron chi connectivity index (χ2n) is 8.56. The van der Waals surface area contributed by atoms with Crippen LogP contribution in [-0.2, 0) is 16.2 Å². The highest BCUT2D eigenvalue weighted by Gasteiger charge is 2.41. The average Bonchev–Trinajstić information content (AvgIpc) is 3.20. The van der Waals surface area contributed by atoms with Gasteiger partial charge in [-0.1, -0.05) is 0 Å². The molecule has 0 bridgehead atoms. The van der Waals surface area contributed by atoms with Gasteiger partial charge in [0.25, 0.3) is 0 Å². The number of rotatable bonds is 10. The van der Waals surface area contributed by atoms with Gasteiger partial charge in [0.05, 0.1) is 13.7 Å². The van der Waals surface area contributed by atoms with Crippen molar-refractivity contribution in [1.29, 1.82) is 0 Å². The third-order valence-corrected chi connectivity index (χ3v) is 5.64. The first-order valence-electron chi connectivity index (χ1n) is 10.4. The fourth-order valence-electron chi connectivity index (χ4n) is 3.69. The third kappa shape index (κ3) is 5.14. The molecule has 2 aromatic rings. The lowest BCUT2D eigenvalue weighted by Gasteiger charge is -2.30. The molecule has 0 radical (unpaired) electrons. The molecule has 0 saturated heterocycles. The Morgan fingerprint density at radius 3 is 2.45 bits per heavy atom. The van der Waals surface area contributed by atoms with E-state index in [1.807, 2.05) is 0 Å². The van der Waals surface area contributed by atoms with Gasteiger partial charge in [-0.2, -0.15) is 0 Å². The summed E-state index contributed by atoms with van der Waals surface area (Å²) >= 11 is 0. The van der Waals surface area contributed by atoms with E-state index >= 15 is 0 Å². The molecule has 0 spiro atoms. The Balaban J connectivity index is 1.70. The lowest BCUT2D eigenvalue weighted by Crippen LogP contribution is -2.48. The Bertz CT molecular complexity index is 1030. The van der Waals surface area contributed by atoms with E-state index in [9.17, 15) is 25.2 Å². The average molecular weight is 470 g/mol. The predicted molar refractivity (Wildman–Crippen MR) is 114 cm³/mol. The van der Waals surface area contributed by atoms with Crippen LogP contribution in [0.3, 0.4) is 0 Å². The maximum absolute atomic E-state index is 12.5. The molecule has 0 saturated carbocycles. The SMILES string of the molecule is COc1c2c(cc3oc(C)cc(=O)c13)O[C@H](C(C)(C)OOC[C@H](O)[C@@H](O)[C@H](O)[C@H](O)CO)C2. The number of fused-ring (bicyclic) bond motifs is 2. The van der Waals surface area contributed by atoms with Gasteiger partial charge in [-0.05, 0) is 20.8 Å². The molecule has 2 heterocycles. The van der Waals surface area contributed by atoms with Crippen molar-refractivity contribution in [2.24, 2.45) is 0 Å². The maximum atomic E-state index is 12.5. The molecule has 0 fully saturated rings. The Kier molecular flexibility index (Phi) is 7.64. The highest BCUT2D eigenvalue weighted by Crippen LogP contribution is 2.43. The molecule has 0 unspecified atom stereocenters. The molecule has 5 atom stereocenters. The van der Waals surface area contributed by atoms with E-state index in [4.69, 9.17) is 28.8 Å². The second kappa shape index (κ2) is 9.94. The van der Waals surface area contributed by atoms with Gasteiger partial charge in [0.1, 0.15) is 71.0 Å². The number of aliphatic hydroxyl groups is 5. The zero-order valence-electron chi connectivity index (χ0n) is 18.8. The minimum absolute atomic E-state index is 0.225. The van der Waals surface area contributed by atoms with Gasteiger partial charge in [-0.15, -0.1) is 0 Å². The first-order chi connectivity index (χ1) is 15.5. The monoisotopic (exact) mass is 470 g/mol. The molecule has 1 aromatic heterocycles. The van der Waals surface area contributed by atoms with Crippen LogP contribution in [-0.4, -0.2) is 82.0 Å². The zero-order chi connectivity index (χ0) is 24.5. The number of methoxy groups -OCH3 is 1. The highest BCUT2D eigenvalue weighted by atomic mass is 17.2. The maximum Gasteiger partial charge on any atom is 0.196 e. The van der Waals surface area contributed by atoms with Crippen molar-refractivity contribution in [2.75, 3.05) is 20.3 Å². The summed E-state index contributed by atoms with van der Waals surface area (Å²) in [5.74, 6) is 1.30. The van der Waals surface area contributed by atoms with Crippen molar-refractivity contribution in [1.82, 2.24) is 0 Å². The largest absolute Gasteiger partial charge is 0.495 e. The van der Waals surface area contributed by atoms with E-state index in [1.54, 1.807) is 26.8 Å². The van der Waals surface area contributed by atoms with Gasteiger partial charge in [0.2, 0.25) is 0 Å². The zero-order valence-corrected chi connectivity index (χ0v) is 18.8. The number of hydrogen-bond donors (Lipinski definition) is 5. The van der Waals surface area contributed by atoms with Gasteiger partial charge < -0.3 is 39.4 Å². The van der Waals surface area contributed by atoms with Crippen LogP contribution in [0, 0.1) is 6.92 Å². The summed E-state index contributed by atoms with van der Waals surface area (Å²) in [6, 6.07) is 3.02. The Morgan fingerprint density at radius 1 is 1.15 bits per heavy atom. The van der Waals surface area contributed by atoms with Crippen LogP contribution in [0.2, 0.25) is 0 Å². The Morgan fingerprint density at radius 2 is 1.82 bits per heavy atom. The Labute approximate surface area is 189 Å². The molecular formula is C22H30O11. The summed E-state index contributed by atoms with van der Waals surface area (Å²) < 4.78 is 17.2. The normalized spacial score (nSPS) is 19.6. The van der Waals surface area contributed by atoms with Gasteiger partial charge >= 0.3 is 0 Å². The van der Waals surface area contributed by atoms with E-state index in [-0.39, 0.29) is 5.43 Å². The van der Waals surface area contributed by atoms with E-state index in [0.717, 1.165) is 0 Å². The molecule has 0 amide bonds. The molecule has 1 aliphatic heterocycles. The summed E-state index contributed by atoms with van der Waals surface area (Å²) in [5.41, 5.74) is -0.250. The molecule has 1 aromatic carbocycles. The van der Waals surface area contributed by atoms with E-state index in [1.165, 1.54) is 13.2 Å². The molecular weight excluding hydrogens is 440 g/mol. The molecule has 11 heteroatoms.